The van der Waals surface area contributed by atoms with Crippen molar-refractivity contribution in [3.05, 3.63) is 47.0 Å². The average molecular weight is 373 g/mol. The number of nitriles is 1. The minimum atomic E-state index is 0.351. The van der Waals surface area contributed by atoms with Gasteiger partial charge in [-0.2, -0.15) is 5.26 Å². The summed E-state index contributed by atoms with van der Waals surface area (Å²) in [6.07, 6.45) is 3.16. The first-order chi connectivity index (χ1) is 12.7. The molecule has 7 heteroatoms. The molecule has 0 spiro atoms. The molecule has 0 bridgehead atoms. The van der Waals surface area contributed by atoms with Crippen molar-refractivity contribution >= 4 is 23.0 Å². The molecule has 6 nitrogen and oxygen atoms in total. The largest absolute Gasteiger partial charge is 0.493 e. The molecule has 1 N–H and O–H groups in total. The highest BCUT2D eigenvalue weighted by Gasteiger charge is 2.11. The van der Waals surface area contributed by atoms with Gasteiger partial charge in [-0.1, -0.05) is 36.6 Å². The second kappa shape index (κ2) is 10.3. The van der Waals surface area contributed by atoms with Crippen LogP contribution in [0, 0.1) is 11.3 Å². The Morgan fingerprint density at radius 2 is 1.92 bits per heavy atom. The van der Waals surface area contributed by atoms with Gasteiger partial charge in [-0.05, 0) is 30.7 Å². The molecule has 0 heterocycles. The van der Waals surface area contributed by atoms with Crippen molar-refractivity contribution in [2.24, 2.45) is 10.3 Å². The van der Waals surface area contributed by atoms with E-state index in [0.717, 1.165) is 24.9 Å². The number of nitrogens with zero attached hydrogens (tertiary/aromatic N) is 3. The lowest BCUT2D eigenvalue weighted by atomic mass is 10.1. The quantitative estimate of drug-likeness (QED) is 0.337. The Balaban J connectivity index is 2.15. The van der Waals surface area contributed by atoms with Gasteiger partial charge < -0.3 is 9.47 Å². The summed E-state index contributed by atoms with van der Waals surface area (Å²) in [5.41, 5.74) is 4.29. The summed E-state index contributed by atoms with van der Waals surface area (Å²) in [5.74, 6) is 1.05. The van der Waals surface area contributed by atoms with Gasteiger partial charge >= 0.3 is 0 Å². The summed E-state index contributed by atoms with van der Waals surface area (Å²) >= 11 is 5.84. The molecule has 0 aliphatic heterocycles. The molecule has 136 valence electrons. The summed E-state index contributed by atoms with van der Waals surface area (Å²) in [4.78, 5) is 0. The second-order valence-corrected chi connectivity index (χ2v) is 5.94. The number of nitrogens with one attached hydrogen (secondary N) is 1. The molecule has 0 unspecified atom stereocenters. The van der Waals surface area contributed by atoms with Crippen LogP contribution in [0.25, 0.3) is 0 Å². The lowest BCUT2D eigenvalue weighted by Gasteiger charge is -2.12. The summed E-state index contributed by atoms with van der Waals surface area (Å²) < 4.78 is 11.1. The first kappa shape index (κ1) is 19.5. The topological polar surface area (TPSA) is 79.0 Å². The van der Waals surface area contributed by atoms with E-state index in [2.05, 4.69) is 28.8 Å². The fourth-order valence-corrected chi connectivity index (χ4v) is 2.32. The van der Waals surface area contributed by atoms with Gasteiger partial charge in [0.25, 0.3) is 0 Å². The van der Waals surface area contributed by atoms with Gasteiger partial charge in [-0.15, -0.1) is 5.11 Å². The SMILES string of the molecule is CCCCCOc1cc(N=NNc2ccc(Cl)cc2)c(C#N)cc1OC. The number of methoxy groups -OCH3 is 1. The van der Waals surface area contributed by atoms with Crippen molar-refractivity contribution in [3.63, 3.8) is 0 Å². The van der Waals surface area contributed by atoms with E-state index in [1.807, 2.05) is 0 Å². The zero-order valence-corrected chi connectivity index (χ0v) is 15.6. The van der Waals surface area contributed by atoms with Crippen LogP contribution in [0.3, 0.4) is 0 Å². The van der Waals surface area contributed by atoms with E-state index in [1.165, 1.54) is 0 Å². The lowest BCUT2D eigenvalue weighted by molar-refractivity contribution is 0.286. The Hall–Kier alpha value is -2.78. The molecule has 0 atom stereocenters. The van der Waals surface area contributed by atoms with E-state index in [9.17, 15) is 5.26 Å². The van der Waals surface area contributed by atoms with Crippen LogP contribution in [0.2, 0.25) is 5.02 Å². The maximum Gasteiger partial charge on any atom is 0.163 e. The Labute approximate surface area is 158 Å². The van der Waals surface area contributed by atoms with Gasteiger partial charge in [0.05, 0.1) is 25.0 Å². The number of hydrogen-bond donors (Lipinski definition) is 1. The van der Waals surface area contributed by atoms with Crippen molar-refractivity contribution in [1.82, 2.24) is 0 Å². The van der Waals surface area contributed by atoms with Crippen LogP contribution < -0.4 is 14.9 Å². The Bertz CT molecular complexity index is 785. The molecule has 2 aromatic rings. The molecular formula is C19H21ClN4O2. The number of anilines is 1. The third-order valence-corrected chi connectivity index (χ3v) is 3.84. The number of unbranched alkanes of at least 4 members (excludes halogenated alkanes) is 2. The molecule has 0 aliphatic carbocycles. The van der Waals surface area contributed by atoms with Crippen LogP contribution in [0.1, 0.15) is 31.7 Å². The highest BCUT2D eigenvalue weighted by atomic mass is 35.5. The molecule has 26 heavy (non-hydrogen) atoms. The summed E-state index contributed by atoms with van der Waals surface area (Å²) in [6, 6.07) is 12.4. The molecule has 0 radical (unpaired) electrons. The molecular weight excluding hydrogens is 352 g/mol. The molecule has 2 aromatic carbocycles. The van der Waals surface area contributed by atoms with E-state index in [0.29, 0.717) is 34.4 Å². The highest BCUT2D eigenvalue weighted by Crippen LogP contribution is 2.35. The fourth-order valence-electron chi connectivity index (χ4n) is 2.19. The normalized spacial score (nSPS) is 10.5. The van der Waals surface area contributed by atoms with Crippen molar-refractivity contribution in [3.8, 4) is 17.6 Å². The van der Waals surface area contributed by atoms with E-state index >= 15 is 0 Å². The van der Waals surface area contributed by atoms with E-state index in [4.69, 9.17) is 21.1 Å². The first-order valence-electron chi connectivity index (χ1n) is 8.35. The maximum absolute atomic E-state index is 9.34. The van der Waals surface area contributed by atoms with Gasteiger partial charge in [-0.3, -0.25) is 5.43 Å². The van der Waals surface area contributed by atoms with Gasteiger partial charge in [-0.25, -0.2) is 0 Å². The molecule has 2 rings (SSSR count). The Morgan fingerprint density at radius 1 is 1.15 bits per heavy atom. The van der Waals surface area contributed by atoms with E-state index in [1.54, 1.807) is 43.5 Å². The van der Waals surface area contributed by atoms with Crippen molar-refractivity contribution < 1.29 is 9.47 Å². The monoisotopic (exact) mass is 372 g/mol. The zero-order valence-electron chi connectivity index (χ0n) is 14.8. The third kappa shape index (κ3) is 5.64. The van der Waals surface area contributed by atoms with E-state index in [-0.39, 0.29) is 0 Å². The average Bonchev–Trinajstić information content (AvgIpc) is 2.66. The number of halogens is 1. The fraction of sp³-hybridized carbons (Fsp3) is 0.316. The predicted molar refractivity (Wildman–Crippen MR) is 102 cm³/mol. The second-order valence-electron chi connectivity index (χ2n) is 5.51. The summed E-state index contributed by atoms with van der Waals surface area (Å²) in [7, 11) is 1.54. The minimum Gasteiger partial charge on any atom is -0.493 e. The van der Waals surface area contributed by atoms with Crippen molar-refractivity contribution in [2.75, 3.05) is 19.1 Å². The zero-order chi connectivity index (χ0) is 18.8. The predicted octanol–water partition coefficient (Wildman–Crippen LogP) is 5.90. The number of benzene rings is 2. The molecule has 0 saturated heterocycles. The molecule has 0 aliphatic rings. The lowest BCUT2D eigenvalue weighted by Crippen LogP contribution is -1.99. The summed E-state index contributed by atoms with van der Waals surface area (Å²) in [6.45, 7) is 2.71. The molecule has 0 amide bonds. The van der Waals surface area contributed by atoms with Crippen LogP contribution in [0.4, 0.5) is 11.4 Å². The van der Waals surface area contributed by atoms with Crippen LogP contribution in [0.5, 0.6) is 11.5 Å². The molecule has 0 fully saturated rings. The van der Waals surface area contributed by atoms with Crippen LogP contribution in [-0.4, -0.2) is 13.7 Å². The summed E-state index contributed by atoms with van der Waals surface area (Å²) in [5, 5.41) is 18.0. The van der Waals surface area contributed by atoms with Gasteiger partial charge in [0.15, 0.2) is 11.5 Å². The standard InChI is InChI=1S/C19H21ClN4O2/c1-3-4-5-10-26-19-12-17(14(13-21)11-18(19)25-2)23-24-22-16-8-6-15(20)7-9-16/h6-9,11-12H,3-5,10H2,1-2H3,(H,22,23). The Kier molecular flexibility index (Phi) is 7.72. The number of rotatable bonds is 9. The van der Waals surface area contributed by atoms with E-state index < -0.39 is 0 Å². The Morgan fingerprint density at radius 3 is 2.58 bits per heavy atom. The third-order valence-electron chi connectivity index (χ3n) is 3.59. The highest BCUT2D eigenvalue weighted by molar-refractivity contribution is 6.30. The smallest absolute Gasteiger partial charge is 0.163 e. The van der Waals surface area contributed by atoms with Crippen LogP contribution in [0.15, 0.2) is 46.7 Å². The maximum atomic E-state index is 9.34. The number of hydrogen-bond acceptors (Lipinski definition) is 5. The molecule has 0 aromatic heterocycles. The van der Waals surface area contributed by atoms with Gasteiger partial charge in [0, 0.05) is 17.2 Å². The van der Waals surface area contributed by atoms with Gasteiger partial charge in [0.1, 0.15) is 11.8 Å². The van der Waals surface area contributed by atoms with Gasteiger partial charge in [0.2, 0.25) is 0 Å². The van der Waals surface area contributed by atoms with Crippen molar-refractivity contribution in [1.29, 1.82) is 5.26 Å². The first-order valence-corrected chi connectivity index (χ1v) is 8.73. The molecule has 0 saturated carbocycles. The van der Waals surface area contributed by atoms with Crippen LogP contribution >= 0.6 is 11.6 Å². The van der Waals surface area contributed by atoms with Crippen LogP contribution in [-0.2, 0) is 0 Å². The van der Waals surface area contributed by atoms with Crippen molar-refractivity contribution in [2.45, 2.75) is 26.2 Å². The number of ether oxygens (including phenoxy) is 2. The minimum absolute atomic E-state index is 0.351.